The number of amides is 1. The van der Waals surface area contributed by atoms with Crippen molar-refractivity contribution in [3.05, 3.63) is 0 Å². The summed E-state index contributed by atoms with van der Waals surface area (Å²) in [5.41, 5.74) is 4.83. The Balaban J connectivity index is 2.67. The van der Waals surface area contributed by atoms with Gasteiger partial charge in [-0.1, -0.05) is 13.8 Å². The summed E-state index contributed by atoms with van der Waals surface area (Å²) in [6.07, 6.45) is 0.480. The first-order valence-corrected chi connectivity index (χ1v) is 6.64. The molecule has 0 aromatic carbocycles. The summed E-state index contributed by atoms with van der Waals surface area (Å²) >= 11 is 0. The molecule has 1 amide bonds. The van der Waals surface area contributed by atoms with Crippen molar-refractivity contribution in [1.29, 1.82) is 0 Å². The molecule has 4 N–H and O–H groups in total. The first-order valence-electron chi connectivity index (χ1n) is 6.64. The van der Waals surface area contributed by atoms with E-state index >= 15 is 0 Å². The average molecular weight is 274 g/mol. The Kier molecular flexibility index (Phi) is 5.32. The second kappa shape index (κ2) is 6.17. The van der Waals surface area contributed by atoms with Crippen LogP contribution in [0.3, 0.4) is 0 Å². The molecule has 1 fully saturated rings. The lowest BCUT2D eigenvalue weighted by atomic mass is 9.54. The second-order valence-electron chi connectivity index (χ2n) is 5.65. The van der Waals surface area contributed by atoms with Crippen LogP contribution in [0.1, 0.15) is 27.2 Å². The molecule has 0 saturated heterocycles. The molecule has 1 aliphatic carbocycles. The number of carbonyl (C=O) groups is 1. The van der Waals surface area contributed by atoms with Crippen LogP contribution in [0.25, 0.3) is 0 Å². The first kappa shape index (κ1) is 16.4. The standard InChI is InChI=1S/C13H26N2O4/c1-5-19-10-6-13(14,12(10,2)3)11(17)15-9(7-16)8-18-4/h9-10,16H,5-8,14H2,1-4H3,(H,15,17). The minimum absolute atomic E-state index is 0.0109. The lowest BCUT2D eigenvalue weighted by Gasteiger charge is -2.57. The molecule has 6 heteroatoms. The molecular weight excluding hydrogens is 248 g/mol. The summed E-state index contributed by atoms with van der Waals surface area (Å²) in [5, 5.41) is 11.9. The number of carbonyl (C=O) groups excluding carboxylic acids is 1. The van der Waals surface area contributed by atoms with Crippen molar-refractivity contribution in [2.75, 3.05) is 26.9 Å². The van der Waals surface area contributed by atoms with E-state index in [1.165, 1.54) is 7.11 Å². The monoisotopic (exact) mass is 274 g/mol. The van der Waals surface area contributed by atoms with Gasteiger partial charge in [0, 0.05) is 25.6 Å². The predicted molar refractivity (Wildman–Crippen MR) is 71.6 cm³/mol. The molecular formula is C13H26N2O4. The number of nitrogens with two attached hydrogens (primary N) is 1. The van der Waals surface area contributed by atoms with E-state index in [2.05, 4.69) is 5.32 Å². The maximum atomic E-state index is 12.3. The molecule has 0 aromatic heterocycles. The molecule has 0 radical (unpaired) electrons. The first-order chi connectivity index (χ1) is 8.83. The minimum atomic E-state index is -0.964. The third kappa shape index (κ3) is 2.91. The summed E-state index contributed by atoms with van der Waals surface area (Å²) in [4.78, 5) is 12.3. The van der Waals surface area contributed by atoms with E-state index in [9.17, 15) is 4.79 Å². The minimum Gasteiger partial charge on any atom is -0.394 e. The Labute approximate surface area is 114 Å². The number of hydrogen-bond donors (Lipinski definition) is 3. The molecule has 1 saturated carbocycles. The molecule has 3 atom stereocenters. The molecule has 3 unspecified atom stereocenters. The molecule has 0 heterocycles. The molecule has 112 valence electrons. The van der Waals surface area contributed by atoms with Crippen LogP contribution in [-0.4, -0.2) is 55.6 Å². The quantitative estimate of drug-likeness (QED) is 0.589. The number of rotatable bonds is 7. The van der Waals surface area contributed by atoms with Crippen LogP contribution in [0.15, 0.2) is 0 Å². The maximum Gasteiger partial charge on any atom is 0.241 e. The van der Waals surface area contributed by atoms with Crippen molar-refractivity contribution in [1.82, 2.24) is 5.32 Å². The highest BCUT2D eigenvalue weighted by Gasteiger charge is 2.62. The maximum absolute atomic E-state index is 12.3. The molecule has 1 aliphatic rings. The van der Waals surface area contributed by atoms with Gasteiger partial charge in [0.25, 0.3) is 0 Å². The van der Waals surface area contributed by atoms with Gasteiger partial charge in [-0.05, 0) is 6.92 Å². The van der Waals surface area contributed by atoms with E-state index in [4.69, 9.17) is 20.3 Å². The fourth-order valence-electron chi connectivity index (χ4n) is 2.48. The van der Waals surface area contributed by atoms with Gasteiger partial charge >= 0.3 is 0 Å². The van der Waals surface area contributed by atoms with Crippen molar-refractivity contribution in [3.63, 3.8) is 0 Å². The largest absolute Gasteiger partial charge is 0.394 e. The van der Waals surface area contributed by atoms with Gasteiger partial charge in [-0.3, -0.25) is 4.79 Å². The average Bonchev–Trinajstić information content (AvgIpc) is 2.37. The highest BCUT2D eigenvalue weighted by atomic mass is 16.5. The van der Waals surface area contributed by atoms with E-state index in [1.807, 2.05) is 20.8 Å². The molecule has 0 spiro atoms. The number of aliphatic hydroxyl groups is 1. The molecule has 0 aliphatic heterocycles. The van der Waals surface area contributed by atoms with E-state index in [-0.39, 0.29) is 25.2 Å². The Morgan fingerprint density at radius 3 is 2.63 bits per heavy atom. The smallest absolute Gasteiger partial charge is 0.241 e. The van der Waals surface area contributed by atoms with Crippen molar-refractivity contribution in [2.45, 2.75) is 44.9 Å². The molecule has 1 rings (SSSR count). The molecule has 0 bridgehead atoms. The fraction of sp³-hybridized carbons (Fsp3) is 0.923. The second-order valence-corrected chi connectivity index (χ2v) is 5.65. The van der Waals surface area contributed by atoms with Crippen molar-refractivity contribution in [3.8, 4) is 0 Å². The van der Waals surface area contributed by atoms with Gasteiger partial charge in [0.05, 0.1) is 25.4 Å². The summed E-state index contributed by atoms with van der Waals surface area (Å²) < 4.78 is 10.5. The van der Waals surface area contributed by atoms with Gasteiger partial charge in [-0.2, -0.15) is 0 Å². The zero-order valence-corrected chi connectivity index (χ0v) is 12.2. The van der Waals surface area contributed by atoms with Gasteiger partial charge in [-0.15, -0.1) is 0 Å². The topological polar surface area (TPSA) is 93.8 Å². The van der Waals surface area contributed by atoms with E-state index in [0.717, 1.165) is 0 Å². The van der Waals surface area contributed by atoms with E-state index in [1.54, 1.807) is 0 Å². The lowest BCUT2D eigenvalue weighted by molar-refractivity contribution is -0.171. The van der Waals surface area contributed by atoms with Crippen molar-refractivity contribution < 1.29 is 19.4 Å². The van der Waals surface area contributed by atoms with Crippen LogP contribution < -0.4 is 11.1 Å². The third-order valence-electron chi connectivity index (χ3n) is 4.16. The zero-order valence-electron chi connectivity index (χ0n) is 12.2. The molecule has 0 aromatic rings. The normalized spacial score (nSPS) is 30.5. The fourth-order valence-corrected chi connectivity index (χ4v) is 2.48. The molecule has 19 heavy (non-hydrogen) atoms. The summed E-state index contributed by atoms with van der Waals surface area (Å²) in [6.45, 7) is 6.47. The van der Waals surface area contributed by atoms with Crippen LogP contribution >= 0.6 is 0 Å². The van der Waals surface area contributed by atoms with E-state index in [0.29, 0.717) is 13.0 Å². The van der Waals surface area contributed by atoms with Crippen LogP contribution in [0, 0.1) is 5.41 Å². The van der Waals surface area contributed by atoms with Crippen LogP contribution in [0.5, 0.6) is 0 Å². The zero-order chi connectivity index (χ0) is 14.7. The SMILES string of the molecule is CCOC1CC(N)(C(=O)NC(CO)COC)C1(C)C. The van der Waals surface area contributed by atoms with Crippen molar-refractivity contribution >= 4 is 5.91 Å². The third-order valence-corrected chi connectivity index (χ3v) is 4.16. The number of nitrogens with one attached hydrogen (secondary N) is 1. The van der Waals surface area contributed by atoms with Gasteiger partial charge < -0.3 is 25.6 Å². The Hall–Kier alpha value is -0.690. The summed E-state index contributed by atoms with van der Waals surface area (Å²) in [7, 11) is 1.52. The van der Waals surface area contributed by atoms with Crippen LogP contribution in [0.4, 0.5) is 0 Å². The summed E-state index contributed by atoms with van der Waals surface area (Å²) in [6, 6.07) is -0.431. The van der Waals surface area contributed by atoms with Gasteiger partial charge in [0.1, 0.15) is 5.54 Å². The highest BCUT2D eigenvalue weighted by molar-refractivity contribution is 5.89. The lowest BCUT2D eigenvalue weighted by Crippen LogP contribution is -2.76. The Morgan fingerprint density at radius 1 is 1.58 bits per heavy atom. The predicted octanol–water partition coefficient (Wildman–Crippen LogP) is -0.358. The Morgan fingerprint density at radius 2 is 2.21 bits per heavy atom. The number of hydrogen-bond acceptors (Lipinski definition) is 5. The van der Waals surface area contributed by atoms with Gasteiger partial charge in [0.15, 0.2) is 0 Å². The van der Waals surface area contributed by atoms with E-state index < -0.39 is 17.0 Å². The number of methoxy groups -OCH3 is 1. The number of aliphatic hydroxyl groups excluding tert-OH is 1. The van der Waals surface area contributed by atoms with Crippen LogP contribution in [0.2, 0.25) is 0 Å². The number of ether oxygens (including phenoxy) is 2. The van der Waals surface area contributed by atoms with Crippen molar-refractivity contribution in [2.24, 2.45) is 11.1 Å². The van der Waals surface area contributed by atoms with Gasteiger partial charge in [0.2, 0.25) is 5.91 Å². The Bertz CT molecular complexity index is 322. The summed E-state index contributed by atoms with van der Waals surface area (Å²) in [5.74, 6) is -0.260. The highest BCUT2D eigenvalue weighted by Crippen LogP contribution is 2.49. The van der Waals surface area contributed by atoms with Crippen LogP contribution in [-0.2, 0) is 14.3 Å². The molecule has 6 nitrogen and oxygen atoms in total. The van der Waals surface area contributed by atoms with Gasteiger partial charge in [-0.25, -0.2) is 0 Å².